The van der Waals surface area contributed by atoms with Crippen molar-refractivity contribution in [2.45, 2.75) is 24.3 Å². The Labute approximate surface area is 173 Å². The third kappa shape index (κ3) is 4.76. The van der Waals surface area contributed by atoms with Crippen LogP contribution >= 0.6 is 11.8 Å². The molecule has 1 N–H and O–H groups in total. The molecule has 0 saturated carbocycles. The fraction of sp³-hybridized carbons (Fsp3) is 0.174. The number of ether oxygens (including phenoxy) is 1. The van der Waals surface area contributed by atoms with Gasteiger partial charge in [0.05, 0.1) is 11.3 Å². The number of carbonyl (C=O) groups excluding carboxylic acids is 1. The number of thioether (sulfide) groups is 1. The van der Waals surface area contributed by atoms with E-state index < -0.39 is 0 Å². The molecule has 1 heterocycles. The highest BCUT2D eigenvalue weighted by Gasteiger charge is 2.17. The van der Waals surface area contributed by atoms with Crippen LogP contribution in [0.2, 0.25) is 0 Å². The number of nitrogens with zero attached hydrogens (tertiary/aromatic N) is 2. The average molecular weight is 401 g/mol. The van der Waals surface area contributed by atoms with Gasteiger partial charge in [-0.3, -0.25) is 4.79 Å². The third-order valence-electron chi connectivity index (χ3n) is 4.59. The van der Waals surface area contributed by atoms with Gasteiger partial charge in [0, 0.05) is 11.4 Å². The maximum atomic E-state index is 12.3. The van der Waals surface area contributed by atoms with Crippen molar-refractivity contribution in [3.05, 3.63) is 77.5 Å². The minimum absolute atomic E-state index is 0.141. The second-order valence-electron chi connectivity index (χ2n) is 6.69. The van der Waals surface area contributed by atoms with E-state index in [1.165, 1.54) is 11.8 Å². The van der Waals surface area contributed by atoms with Crippen molar-refractivity contribution in [3.8, 4) is 17.6 Å². The molecule has 2 aromatic carbocycles. The van der Waals surface area contributed by atoms with E-state index in [1.807, 2.05) is 48.5 Å². The van der Waals surface area contributed by atoms with Gasteiger partial charge in [-0.05, 0) is 67.3 Å². The Kier molecular flexibility index (Phi) is 5.78. The SMILES string of the molecule is N#Cc1cc2c(nc1SCC(=O)Nc1ccc(Oc3ccccc3)cc1)CCC2. The van der Waals surface area contributed by atoms with Gasteiger partial charge in [-0.2, -0.15) is 5.26 Å². The number of rotatable bonds is 6. The molecule has 5 nitrogen and oxygen atoms in total. The predicted octanol–water partition coefficient (Wildman–Crippen LogP) is 4.97. The van der Waals surface area contributed by atoms with Crippen molar-refractivity contribution >= 4 is 23.4 Å². The molecule has 144 valence electrons. The van der Waals surface area contributed by atoms with Gasteiger partial charge in [-0.15, -0.1) is 0 Å². The number of anilines is 1. The van der Waals surface area contributed by atoms with Crippen LogP contribution in [0.4, 0.5) is 5.69 Å². The zero-order valence-corrected chi connectivity index (χ0v) is 16.5. The van der Waals surface area contributed by atoms with Gasteiger partial charge in [0.15, 0.2) is 0 Å². The molecule has 1 aliphatic rings. The number of para-hydroxylation sites is 1. The molecule has 6 heteroatoms. The Hall–Kier alpha value is -3.30. The summed E-state index contributed by atoms with van der Waals surface area (Å²) in [5, 5.41) is 12.9. The molecule has 3 aromatic rings. The van der Waals surface area contributed by atoms with Crippen LogP contribution in [0, 0.1) is 11.3 Å². The van der Waals surface area contributed by atoms with Crippen LogP contribution in [0.5, 0.6) is 11.5 Å². The summed E-state index contributed by atoms with van der Waals surface area (Å²) in [5.41, 5.74) is 3.46. The van der Waals surface area contributed by atoms with Crippen molar-refractivity contribution in [3.63, 3.8) is 0 Å². The smallest absolute Gasteiger partial charge is 0.234 e. The number of amides is 1. The Morgan fingerprint density at radius 2 is 1.86 bits per heavy atom. The molecule has 0 saturated heterocycles. The molecule has 0 spiro atoms. The number of hydrogen-bond acceptors (Lipinski definition) is 5. The third-order valence-corrected chi connectivity index (χ3v) is 5.58. The molecule has 0 atom stereocenters. The molecular weight excluding hydrogens is 382 g/mol. The van der Waals surface area contributed by atoms with Crippen molar-refractivity contribution < 1.29 is 9.53 Å². The molecule has 0 aliphatic heterocycles. The maximum Gasteiger partial charge on any atom is 0.234 e. The maximum absolute atomic E-state index is 12.3. The average Bonchev–Trinajstić information content (AvgIpc) is 3.21. The van der Waals surface area contributed by atoms with E-state index in [0.717, 1.165) is 36.3 Å². The summed E-state index contributed by atoms with van der Waals surface area (Å²) in [6, 6.07) is 20.9. The number of nitrogens with one attached hydrogen (secondary N) is 1. The lowest BCUT2D eigenvalue weighted by molar-refractivity contribution is -0.113. The quantitative estimate of drug-likeness (QED) is 0.591. The molecule has 0 unspecified atom stereocenters. The first-order chi connectivity index (χ1) is 14.2. The summed E-state index contributed by atoms with van der Waals surface area (Å²) in [6.07, 6.45) is 3.00. The van der Waals surface area contributed by atoms with E-state index >= 15 is 0 Å². The van der Waals surface area contributed by atoms with E-state index in [4.69, 9.17) is 4.74 Å². The Balaban J connectivity index is 1.34. The van der Waals surface area contributed by atoms with Gasteiger partial charge >= 0.3 is 0 Å². The molecule has 1 aliphatic carbocycles. The lowest BCUT2D eigenvalue weighted by atomic mass is 10.2. The van der Waals surface area contributed by atoms with Gasteiger partial charge in [-0.25, -0.2) is 4.98 Å². The molecular formula is C23H19N3O2S. The molecule has 0 radical (unpaired) electrons. The van der Waals surface area contributed by atoms with Crippen LogP contribution in [-0.4, -0.2) is 16.6 Å². The molecule has 29 heavy (non-hydrogen) atoms. The number of aryl methyl sites for hydroxylation is 2. The number of hydrogen-bond donors (Lipinski definition) is 1. The summed E-state index contributed by atoms with van der Waals surface area (Å²) < 4.78 is 5.75. The predicted molar refractivity (Wildman–Crippen MR) is 113 cm³/mol. The van der Waals surface area contributed by atoms with Gasteiger partial charge in [0.1, 0.15) is 22.6 Å². The van der Waals surface area contributed by atoms with Crippen LogP contribution in [-0.2, 0) is 17.6 Å². The van der Waals surface area contributed by atoms with Gasteiger partial charge < -0.3 is 10.1 Å². The summed E-state index contributed by atoms with van der Waals surface area (Å²) >= 11 is 1.30. The molecule has 4 rings (SSSR count). The number of nitriles is 1. The van der Waals surface area contributed by atoms with Gasteiger partial charge in [0.25, 0.3) is 0 Å². The number of aromatic nitrogens is 1. The Morgan fingerprint density at radius 3 is 2.62 bits per heavy atom. The number of carbonyl (C=O) groups is 1. The normalized spacial score (nSPS) is 12.1. The molecule has 0 fully saturated rings. The fourth-order valence-electron chi connectivity index (χ4n) is 3.21. The Morgan fingerprint density at radius 1 is 1.10 bits per heavy atom. The molecule has 0 bridgehead atoms. The van der Waals surface area contributed by atoms with E-state index in [1.54, 1.807) is 12.1 Å². The zero-order chi connectivity index (χ0) is 20.1. The van der Waals surface area contributed by atoms with E-state index in [0.29, 0.717) is 22.0 Å². The number of benzene rings is 2. The first-order valence-corrected chi connectivity index (χ1v) is 10.4. The lowest BCUT2D eigenvalue weighted by Crippen LogP contribution is -2.14. The van der Waals surface area contributed by atoms with Crippen LogP contribution in [0.3, 0.4) is 0 Å². The highest BCUT2D eigenvalue weighted by atomic mass is 32.2. The van der Waals surface area contributed by atoms with Crippen molar-refractivity contribution in [2.24, 2.45) is 0 Å². The number of pyridine rings is 1. The van der Waals surface area contributed by atoms with Crippen molar-refractivity contribution in [1.29, 1.82) is 5.26 Å². The van der Waals surface area contributed by atoms with Crippen LogP contribution < -0.4 is 10.1 Å². The lowest BCUT2D eigenvalue weighted by Gasteiger charge is -2.09. The number of fused-ring (bicyclic) bond motifs is 1. The Bertz CT molecular complexity index is 1060. The van der Waals surface area contributed by atoms with Gasteiger partial charge in [-0.1, -0.05) is 30.0 Å². The zero-order valence-electron chi connectivity index (χ0n) is 15.7. The van der Waals surface area contributed by atoms with Crippen LogP contribution in [0.25, 0.3) is 0 Å². The van der Waals surface area contributed by atoms with Crippen LogP contribution in [0.1, 0.15) is 23.2 Å². The van der Waals surface area contributed by atoms with Crippen molar-refractivity contribution in [2.75, 3.05) is 11.1 Å². The van der Waals surface area contributed by atoms with E-state index in [9.17, 15) is 10.1 Å². The highest BCUT2D eigenvalue weighted by Crippen LogP contribution is 2.28. The largest absolute Gasteiger partial charge is 0.457 e. The summed E-state index contributed by atoms with van der Waals surface area (Å²) in [5.74, 6) is 1.52. The van der Waals surface area contributed by atoms with Crippen molar-refractivity contribution in [1.82, 2.24) is 4.98 Å². The minimum atomic E-state index is -0.141. The molecule has 1 aromatic heterocycles. The van der Waals surface area contributed by atoms with Crippen LogP contribution in [0.15, 0.2) is 65.7 Å². The topological polar surface area (TPSA) is 75.0 Å². The summed E-state index contributed by atoms with van der Waals surface area (Å²) in [6.45, 7) is 0. The highest BCUT2D eigenvalue weighted by molar-refractivity contribution is 8.00. The molecule has 1 amide bonds. The standard InChI is InChI=1S/C23H19N3O2S/c24-14-17-13-16-5-4-8-21(16)26-23(17)29-15-22(27)25-18-9-11-20(12-10-18)28-19-6-2-1-3-7-19/h1-3,6-7,9-13H,4-5,8,15H2,(H,25,27). The van der Waals surface area contributed by atoms with E-state index in [-0.39, 0.29) is 11.7 Å². The second kappa shape index (κ2) is 8.80. The first-order valence-electron chi connectivity index (χ1n) is 9.40. The fourth-order valence-corrected chi connectivity index (χ4v) is 3.98. The van der Waals surface area contributed by atoms with E-state index in [2.05, 4.69) is 16.4 Å². The second-order valence-corrected chi connectivity index (χ2v) is 7.65. The monoisotopic (exact) mass is 401 g/mol. The summed E-state index contributed by atoms with van der Waals surface area (Å²) in [7, 11) is 0. The minimum Gasteiger partial charge on any atom is -0.457 e. The first kappa shape index (κ1) is 19.0. The van der Waals surface area contributed by atoms with Gasteiger partial charge in [0.2, 0.25) is 5.91 Å². The summed E-state index contributed by atoms with van der Waals surface area (Å²) in [4.78, 5) is 16.9.